The number of amides is 1. The third-order valence-corrected chi connectivity index (χ3v) is 1.19. The van der Waals surface area contributed by atoms with Gasteiger partial charge in [-0.2, -0.15) is 0 Å². The van der Waals surface area contributed by atoms with Crippen molar-refractivity contribution in [3.8, 4) is 0 Å². The largest absolute Gasteiger partial charge is 0.343 e. The summed E-state index contributed by atoms with van der Waals surface area (Å²) >= 11 is 0. The lowest BCUT2D eigenvalue weighted by Gasteiger charge is -2.07. The standard InChI is InChI=1S/C7H9N3O/c1-10(2)7(11)6-5-8-3-4-9-6/h3-5H,1-2H3/i7-1. The van der Waals surface area contributed by atoms with Gasteiger partial charge in [-0.15, -0.1) is 0 Å². The Balaban J connectivity index is 2.86. The number of nitrogens with zero attached hydrogens (tertiary/aromatic N) is 3. The molecule has 4 heteroatoms. The van der Waals surface area contributed by atoms with E-state index in [1.165, 1.54) is 23.5 Å². The minimum Gasteiger partial charge on any atom is -0.343 e. The van der Waals surface area contributed by atoms with Crippen LogP contribution in [0.5, 0.6) is 0 Å². The van der Waals surface area contributed by atoms with E-state index in [4.69, 9.17) is 0 Å². The van der Waals surface area contributed by atoms with Crippen LogP contribution in [-0.4, -0.2) is 34.9 Å². The molecule has 0 fully saturated rings. The maximum Gasteiger partial charge on any atom is 0.273 e. The van der Waals surface area contributed by atoms with Crippen molar-refractivity contribution >= 4 is 5.91 Å². The summed E-state index contributed by atoms with van der Waals surface area (Å²) in [5, 5.41) is 0. The van der Waals surface area contributed by atoms with Crippen molar-refractivity contribution in [1.82, 2.24) is 14.9 Å². The maximum absolute atomic E-state index is 11.2. The van der Waals surface area contributed by atoms with Crippen molar-refractivity contribution in [3.63, 3.8) is 0 Å². The fourth-order valence-corrected chi connectivity index (χ4v) is 0.639. The molecule has 0 spiro atoms. The first kappa shape index (κ1) is 7.65. The second-order valence-electron chi connectivity index (χ2n) is 2.29. The summed E-state index contributed by atoms with van der Waals surface area (Å²) < 4.78 is 0. The summed E-state index contributed by atoms with van der Waals surface area (Å²) in [6.45, 7) is 0. The van der Waals surface area contributed by atoms with Crippen molar-refractivity contribution in [1.29, 1.82) is 0 Å². The van der Waals surface area contributed by atoms with Gasteiger partial charge in [0, 0.05) is 26.5 Å². The highest BCUT2D eigenvalue weighted by atomic mass is 16.1. The second kappa shape index (κ2) is 3.09. The SMILES string of the molecule is CN(C)[11C](=O)c1cnccn1. The van der Waals surface area contributed by atoms with Crippen molar-refractivity contribution in [2.45, 2.75) is 0 Å². The van der Waals surface area contributed by atoms with E-state index in [9.17, 15) is 4.79 Å². The van der Waals surface area contributed by atoms with Gasteiger partial charge in [-0.3, -0.25) is 9.78 Å². The Morgan fingerprint density at radius 3 is 2.64 bits per heavy atom. The van der Waals surface area contributed by atoms with Crippen molar-refractivity contribution < 1.29 is 4.79 Å². The van der Waals surface area contributed by atoms with Crippen LogP contribution in [0.2, 0.25) is 0 Å². The van der Waals surface area contributed by atoms with Gasteiger partial charge >= 0.3 is 0 Å². The van der Waals surface area contributed by atoms with E-state index in [2.05, 4.69) is 9.97 Å². The predicted molar refractivity (Wildman–Crippen MR) is 40.0 cm³/mol. The fourth-order valence-electron chi connectivity index (χ4n) is 0.639. The van der Waals surface area contributed by atoms with Crippen LogP contribution in [0.4, 0.5) is 0 Å². The molecule has 0 aliphatic heterocycles. The number of hydrogen-bond acceptors (Lipinski definition) is 3. The summed E-state index contributed by atoms with van der Waals surface area (Å²) in [7, 11) is 3.36. The van der Waals surface area contributed by atoms with Crippen molar-refractivity contribution in [3.05, 3.63) is 24.3 Å². The Hall–Kier alpha value is -1.45. The van der Waals surface area contributed by atoms with Gasteiger partial charge in [-0.05, 0) is 0 Å². The Morgan fingerprint density at radius 1 is 1.45 bits per heavy atom. The Kier molecular flexibility index (Phi) is 2.15. The molecule has 0 saturated heterocycles. The van der Waals surface area contributed by atoms with E-state index in [1.807, 2.05) is 0 Å². The van der Waals surface area contributed by atoms with E-state index < -0.39 is 0 Å². The van der Waals surface area contributed by atoms with Crippen LogP contribution in [-0.2, 0) is 0 Å². The zero-order valence-electron chi connectivity index (χ0n) is 6.48. The van der Waals surface area contributed by atoms with Crippen LogP contribution in [0.15, 0.2) is 18.6 Å². The van der Waals surface area contributed by atoms with Gasteiger partial charge in [0.05, 0.1) is 6.20 Å². The van der Waals surface area contributed by atoms with Crippen LogP contribution < -0.4 is 0 Å². The molecule has 1 rings (SSSR count). The highest BCUT2D eigenvalue weighted by Gasteiger charge is 2.07. The zero-order chi connectivity index (χ0) is 8.27. The zero-order valence-corrected chi connectivity index (χ0v) is 6.48. The Morgan fingerprint density at radius 2 is 2.18 bits per heavy atom. The van der Waals surface area contributed by atoms with Crippen LogP contribution in [0.25, 0.3) is 0 Å². The normalized spacial score (nSPS) is 9.27. The Labute approximate surface area is 64.9 Å². The van der Waals surface area contributed by atoms with Crippen molar-refractivity contribution in [2.75, 3.05) is 14.1 Å². The number of carbonyl (C=O) groups excluding carboxylic acids is 1. The van der Waals surface area contributed by atoms with Crippen LogP contribution in [0, 0.1) is 0 Å². The smallest absolute Gasteiger partial charge is 0.273 e. The number of aromatic nitrogens is 2. The van der Waals surface area contributed by atoms with Gasteiger partial charge < -0.3 is 4.90 Å². The predicted octanol–water partition coefficient (Wildman–Crippen LogP) is 0.178. The van der Waals surface area contributed by atoms with Gasteiger partial charge in [-0.1, -0.05) is 0 Å². The first-order valence-corrected chi connectivity index (χ1v) is 3.19. The molecule has 0 aliphatic carbocycles. The molecular weight excluding hydrogens is 141 g/mol. The molecule has 58 valence electrons. The third-order valence-electron chi connectivity index (χ3n) is 1.19. The molecule has 1 aromatic rings. The highest BCUT2D eigenvalue weighted by molar-refractivity contribution is 5.91. The molecule has 0 aromatic carbocycles. The lowest BCUT2D eigenvalue weighted by atomic mass is 9.95. The lowest BCUT2D eigenvalue weighted by molar-refractivity contribution is 0.0821. The summed E-state index contributed by atoms with van der Waals surface area (Å²) in [5.74, 6) is -0.127. The van der Waals surface area contributed by atoms with Crippen LogP contribution >= 0.6 is 0 Å². The van der Waals surface area contributed by atoms with E-state index in [0.29, 0.717) is 5.69 Å². The third kappa shape index (κ3) is 1.73. The molecule has 4 nitrogen and oxygen atoms in total. The van der Waals surface area contributed by atoms with E-state index in [-0.39, 0.29) is 5.91 Å². The minimum absolute atomic E-state index is 0.127. The van der Waals surface area contributed by atoms with Gasteiger partial charge in [0.25, 0.3) is 5.91 Å². The quantitative estimate of drug-likeness (QED) is 0.573. The molecule has 0 bridgehead atoms. The second-order valence-corrected chi connectivity index (χ2v) is 2.29. The summed E-state index contributed by atoms with van der Waals surface area (Å²) in [6.07, 6.45) is 4.48. The number of rotatable bonds is 1. The lowest BCUT2D eigenvalue weighted by Crippen LogP contribution is -2.22. The molecular formula is C7H9N3O. The monoisotopic (exact) mass is 150 g/mol. The number of carbonyl (C=O) groups is 1. The highest BCUT2D eigenvalue weighted by Crippen LogP contribution is 1.93. The molecule has 11 heavy (non-hydrogen) atoms. The summed E-state index contributed by atoms with van der Waals surface area (Å²) in [5.41, 5.74) is 0.373. The van der Waals surface area contributed by atoms with E-state index >= 15 is 0 Å². The summed E-state index contributed by atoms with van der Waals surface area (Å²) in [4.78, 5) is 20.3. The topological polar surface area (TPSA) is 46.1 Å². The van der Waals surface area contributed by atoms with E-state index in [1.54, 1.807) is 14.1 Å². The molecule has 1 heterocycles. The van der Waals surface area contributed by atoms with Crippen molar-refractivity contribution in [2.24, 2.45) is 0 Å². The van der Waals surface area contributed by atoms with Gasteiger partial charge in [0.1, 0.15) is 5.69 Å². The average molecular weight is 150 g/mol. The molecule has 0 atom stereocenters. The molecule has 1 amide bonds. The molecule has 0 saturated carbocycles. The maximum atomic E-state index is 11.2. The van der Waals surface area contributed by atoms with Gasteiger partial charge in [-0.25, -0.2) is 4.98 Å². The molecule has 0 N–H and O–H groups in total. The molecule has 0 aliphatic rings. The Bertz CT molecular complexity index is 245. The minimum atomic E-state index is -0.127. The summed E-state index contributed by atoms with van der Waals surface area (Å²) in [6, 6.07) is 0. The fraction of sp³-hybridized carbons (Fsp3) is 0.286. The van der Waals surface area contributed by atoms with Crippen LogP contribution in [0.1, 0.15) is 10.5 Å². The van der Waals surface area contributed by atoms with Gasteiger partial charge in [0.15, 0.2) is 0 Å². The first-order valence-electron chi connectivity index (χ1n) is 3.19. The van der Waals surface area contributed by atoms with E-state index in [0.717, 1.165) is 0 Å². The number of hydrogen-bond donors (Lipinski definition) is 0. The van der Waals surface area contributed by atoms with Gasteiger partial charge in [0.2, 0.25) is 0 Å². The molecule has 1 aromatic heterocycles. The van der Waals surface area contributed by atoms with Crippen LogP contribution in [0.3, 0.4) is 0 Å². The average Bonchev–Trinajstić information content (AvgIpc) is 2.05. The molecule has 0 unspecified atom stereocenters. The first-order chi connectivity index (χ1) is 5.22. The molecule has 0 radical (unpaired) electrons.